The highest BCUT2D eigenvalue weighted by atomic mass is 16.4. The zero-order valence-electron chi connectivity index (χ0n) is 15.5. The molecule has 0 aliphatic heterocycles. The summed E-state index contributed by atoms with van der Waals surface area (Å²) in [5.74, 6) is -0.648. The number of hydrogen-bond donors (Lipinski definition) is 2. The monoisotopic (exact) mass is 366 g/mol. The van der Waals surface area contributed by atoms with Crippen molar-refractivity contribution in [1.29, 1.82) is 0 Å². The lowest BCUT2D eigenvalue weighted by Gasteiger charge is -2.24. The van der Waals surface area contributed by atoms with Gasteiger partial charge in [0.25, 0.3) is 0 Å². The number of rotatable bonds is 7. The van der Waals surface area contributed by atoms with Crippen LogP contribution in [0.25, 0.3) is 0 Å². The van der Waals surface area contributed by atoms with E-state index >= 15 is 0 Å². The van der Waals surface area contributed by atoms with Gasteiger partial charge in [-0.05, 0) is 48.8 Å². The second-order valence-electron chi connectivity index (χ2n) is 7.36. The first-order chi connectivity index (χ1) is 13.1. The van der Waals surface area contributed by atoms with Crippen molar-refractivity contribution in [1.82, 2.24) is 0 Å². The van der Waals surface area contributed by atoms with Gasteiger partial charge in [0.05, 0.1) is 5.56 Å². The van der Waals surface area contributed by atoms with Gasteiger partial charge < -0.3 is 10.2 Å². The third-order valence-corrected chi connectivity index (χ3v) is 5.38. The molecule has 4 nitrogen and oxygen atoms in total. The standard InChI is InChI=1S/C23H26O4/c24-21(25)13-7-8-16-14-19(17-9-3-1-4-10-17)23(27)20(15-16)22(26)18-11-5-2-6-12-18/h2,5-6,11-12,14-15,17,27H,1,3-4,7-10,13H2,(H,24,25). The number of carboxylic acid groups (broad SMARTS) is 1. The number of phenolic OH excluding ortho intramolecular Hbond substituents is 1. The summed E-state index contributed by atoms with van der Waals surface area (Å²) in [4.78, 5) is 23.8. The fourth-order valence-corrected chi connectivity index (χ4v) is 3.95. The molecule has 1 aliphatic rings. The lowest BCUT2D eigenvalue weighted by molar-refractivity contribution is -0.137. The first-order valence-electron chi connectivity index (χ1n) is 9.73. The topological polar surface area (TPSA) is 74.6 Å². The number of aliphatic carboxylic acids is 1. The van der Waals surface area contributed by atoms with E-state index in [0.29, 0.717) is 24.0 Å². The maximum atomic E-state index is 13.0. The zero-order chi connectivity index (χ0) is 19.2. The number of aromatic hydroxyl groups is 1. The van der Waals surface area contributed by atoms with Gasteiger partial charge in [-0.2, -0.15) is 0 Å². The van der Waals surface area contributed by atoms with Crippen molar-refractivity contribution >= 4 is 11.8 Å². The van der Waals surface area contributed by atoms with Crippen LogP contribution in [0.4, 0.5) is 0 Å². The molecule has 2 aromatic rings. The number of carbonyl (C=O) groups excluding carboxylic acids is 1. The molecular weight excluding hydrogens is 340 g/mol. The average Bonchev–Trinajstić information content (AvgIpc) is 2.69. The maximum absolute atomic E-state index is 13.0. The van der Waals surface area contributed by atoms with Gasteiger partial charge in [-0.1, -0.05) is 55.7 Å². The van der Waals surface area contributed by atoms with Gasteiger partial charge in [0.15, 0.2) is 5.78 Å². The van der Waals surface area contributed by atoms with Gasteiger partial charge in [0, 0.05) is 12.0 Å². The summed E-state index contributed by atoms with van der Waals surface area (Å²) in [5, 5.41) is 19.8. The quantitative estimate of drug-likeness (QED) is 0.670. The molecule has 2 aromatic carbocycles. The second kappa shape index (κ2) is 8.85. The largest absolute Gasteiger partial charge is 0.507 e. The molecule has 0 aromatic heterocycles. The Balaban J connectivity index is 1.96. The molecule has 0 unspecified atom stereocenters. The van der Waals surface area contributed by atoms with Crippen LogP contribution in [0.3, 0.4) is 0 Å². The molecule has 1 fully saturated rings. The van der Waals surface area contributed by atoms with Crippen molar-refractivity contribution in [3.8, 4) is 5.75 Å². The summed E-state index contributed by atoms with van der Waals surface area (Å²) in [5.41, 5.74) is 2.65. The number of ketones is 1. The predicted octanol–water partition coefficient (Wildman–Crippen LogP) is 5.08. The molecule has 0 radical (unpaired) electrons. The Morgan fingerprint density at radius 2 is 1.70 bits per heavy atom. The molecule has 0 amide bonds. The van der Waals surface area contributed by atoms with Crippen LogP contribution in [-0.4, -0.2) is 22.0 Å². The predicted molar refractivity (Wildman–Crippen MR) is 104 cm³/mol. The molecular formula is C23H26O4. The summed E-state index contributed by atoms with van der Waals surface area (Å²) in [7, 11) is 0. The van der Waals surface area contributed by atoms with Crippen molar-refractivity contribution in [2.75, 3.05) is 0 Å². The van der Waals surface area contributed by atoms with Crippen LogP contribution >= 0.6 is 0 Å². The number of carboxylic acids is 1. The van der Waals surface area contributed by atoms with E-state index in [2.05, 4.69) is 0 Å². The summed E-state index contributed by atoms with van der Waals surface area (Å²) >= 11 is 0. The number of benzene rings is 2. The highest BCUT2D eigenvalue weighted by molar-refractivity contribution is 6.11. The Labute approximate surface area is 159 Å². The molecule has 142 valence electrons. The third-order valence-electron chi connectivity index (χ3n) is 5.38. The van der Waals surface area contributed by atoms with Gasteiger partial charge in [0.1, 0.15) is 5.75 Å². The lowest BCUT2D eigenvalue weighted by atomic mass is 9.81. The van der Waals surface area contributed by atoms with Crippen LogP contribution in [0.5, 0.6) is 5.75 Å². The third kappa shape index (κ3) is 4.76. The minimum Gasteiger partial charge on any atom is -0.507 e. The van der Waals surface area contributed by atoms with Gasteiger partial charge in [-0.15, -0.1) is 0 Å². The molecule has 0 spiro atoms. The van der Waals surface area contributed by atoms with Crippen LogP contribution in [0, 0.1) is 0 Å². The Kier molecular flexibility index (Phi) is 6.28. The van der Waals surface area contributed by atoms with Crippen molar-refractivity contribution in [2.45, 2.75) is 57.3 Å². The lowest BCUT2D eigenvalue weighted by Crippen LogP contribution is -2.10. The second-order valence-corrected chi connectivity index (χ2v) is 7.36. The Morgan fingerprint density at radius 3 is 2.37 bits per heavy atom. The van der Waals surface area contributed by atoms with Gasteiger partial charge in [-0.3, -0.25) is 9.59 Å². The van der Waals surface area contributed by atoms with Crippen LogP contribution in [0.2, 0.25) is 0 Å². The minimum atomic E-state index is -0.818. The Hall–Kier alpha value is -2.62. The van der Waals surface area contributed by atoms with E-state index in [1.807, 2.05) is 24.3 Å². The van der Waals surface area contributed by atoms with Crippen LogP contribution in [0.15, 0.2) is 42.5 Å². The molecule has 0 saturated heterocycles. The molecule has 0 heterocycles. The van der Waals surface area contributed by atoms with Gasteiger partial charge in [0.2, 0.25) is 0 Å². The van der Waals surface area contributed by atoms with Crippen LogP contribution < -0.4 is 0 Å². The number of carbonyl (C=O) groups is 2. The van der Waals surface area contributed by atoms with E-state index in [0.717, 1.165) is 36.8 Å². The molecule has 4 heteroatoms. The Morgan fingerprint density at radius 1 is 1.00 bits per heavy atom. The van der Waals surface area contributed by atoms with E-state index in [-0.39, 0.29) is 23.9 Å². The maximum Gasteiger partial charge on any atom is 0.303 e. The molecule has 27 heavy (non-hydrogen) atoms. The normalized spacial score (nSPS) is 14.8. The summed E-state index contributed by atoms with van der Waals surface area (Å²) in [6, 6.07) is 12.7. The van der Waals surface area contributed by atoms with E-state index in [1.165, 1.54) is 6.42 Å². The fraction of sp³-hybridized carbons (Fsp3) is 0.391. The smallest absolute Gasteiger partial charge is 0.303 e. The molecule has 1 aliphatic carbocycles. The highest BCUT2D eigenvalue weighted by Gasteiger charge is 2.24. The summed E-state index contributed by atoms with van der Waals surface area (Å²) < 4.78 is 0. The molecule has 0 bridgehead atoms. The van der Waals surface area contributed by atoms with Crippen molar-refractivity contribution in [2.24, 2.45) is 0 Å². The van der Waals surface area contributed by atoms with E-state index in [1.54, 1.807) is 18.2 Å². The first kappa shape index (κ1) is 19.2. The van der Waals surface area contributed by atoms with Crippen molar-refractivity contribution in [3.63, 3.8) is 0 Å². The highest BCUT2D eigenvalue weighted by Crippen LogP contribution is 2.40. The van der Waals surface area contributed by atoms with Gasteiger partial charge >= 0.3 is 5.97 Å². The molecule has 0 atom stereocenters. The Bertz CT molecular complexity index is 805. The molecule has 2 N–H and O–H groups in total. The van der Waals surface area contributed by atoms with E-state index in [4.69, 9.17) is 5.11 Å². The van der Waals surface area contributed by atoms with Gasteiger partial charge in [-0.25, -0.2) is 0 Å². The number of hydrogen-bond acceptors (Lipinski definition) is 3. The number of phenols is 1. The minimum absolute atomic E-state index is 0.0951. The zero-order valence-corrected chi connectivity index (χ0v) is 15.5. The summed E-state index contributed by atoms with van der Waals surface area (Å²) in [6.45, 7) is 0. The molecule has 3 rings (SSSR count). The fourth-order valence-electron chi connectivity index (χ4n) is 3.95. The summed E-state index contributed by atoms with van der Waals surface area (Å²) in [6.07, 6.45) is 6.72. The SMILES string of the molecule is O=C(O)CCCc1cc(C(=O)c2ccccc2)c(O)c(C2CCCCC2)c1. The van der Waals surface area contributed by atoms with Crippen LogP contribution in [0.1, 0.15) is 77.9 Å². The average molecular weight is 366 g/mol. The number of aryl methyl sites for hydroxylation is 1. The first-order valence-corrected chi connectivity index (χ1v) is 9.73. The molecule has 1 saturated carbocycles. The van der Waals surface area contributed by atoms with Crippen molar-refractivity contribution in [3.05, 3.63) is 64.7 Å². The van der Waals surface area contributed by atoms with Crippen LogP contribution in [-0.2, 0) is 11.2 Å². The van der Waals surface area contributed by atoms with E-state index < -0.39 is 5.97 Å². The van der Waals surface area contributed by atoms with E-state index in [9.17, 15) is 14.7 Å². The van der Waals surface area contributed by atoms with Crippen molar-refractivity contribution < 1.29 is 19.8 Å².